The minimum atomic E-state index is -0.0218. The summed E-state index contributed by atoms with van der Waals surface area (Å²) in [6, 6.07) is 21.5. The van der Waals surface area contributed by atoms with E-state index in [1.165, 1.54) is 4.68 Å². The molecule has 0 N–H and O–H groups in total. The van der Waals surface area contributed by atoms with E-state index >= 15 is 0 Å². The number of anilines is 2. The number of nitrogens with zero attached hydrogens (tertiary/aromatic N) is 12. The standard InChI is InChI=1S/C20H19ClN6O.C19H19ClIN5O.CN.Cu/c1-14-11-15(4-5-17(14)21)25-7-9-26(10-8-25)19(28)13-27-20-16(3-2-6-23-20)18(12-22)24-27;1-13-11-14(4-5-16(13)20)24-7-9-25(10-8-24)17(27)12-26-19-15(18(21)23-26)3-2-6-22-19;1-2;/h2-6,11H,7-10,13H2,1H3;2-6,11H,7-10,12H2,1H3;;/q;;-1;+1. The molecule has 0 bridgehead atoms. The molecule has 8 rings (SSSR count). The molecule has 302 valence electrons. The van der Waals surface area contributed by atoms with Gasteiger partial charge in [0.05, 0.1) is 10.8 Å². The maximum atomic E-state index is 12.8. The summed E-state index contributed by atoms with van der Waals surface area (Å²) in [5, 5.41) is 27.4. The van der Waals surface area contributed by atoms with E-state index in [1.807, 2.05) is 60.0 Å². The fourth-order valence-electron chi connectivity index (χ4n) is 6.82. The maximum Gasteiger partial charge on any atom is 1.00 e. The maximum absolute atomic E-state index is 12.8. The number of hydrogen-bond donors (Lipinski definition) is 0. The number of aromatic nitrogens is 6. The zero-order valence-electron chi connectivity index (χ0n) is 31.6. The minimum Gasteiger partial charge on any atom is -0.512 e. The fraction of sp³-hybridized carbons (Fsp3) is 0.300. The molecule has 4 aromatic heterocycles. The first-order valence-corrected chi connectivity index (χ1v) is 19.9. The van der Waals surface area contributed by atoms with Gasteiger partial charge in [-0.25, -0.2) is 19.3 Å². The Kier molecular flexibility index (Phi) is 15.3. The van der Waals surface area contributed by atoms with Crippen LogP contribution >= 0.6 is 45.8 Å². The summed E-state index contributed by atoms with van der Waals surface area (Å²) in [7, 11) is 0. The largest absolute Gasteiger partial charge is 1.00 e. The number of fused-ring (bicyclic) bond motifs is 2. The van der Waals surface area contributed by atoms with Crippen LogP contribution in [0.5, 0.6) is 0 Å². The summed E-state index contributed by atoms with van der Waals surface area (Å²) >= 11 is 14.4. The summed E-state index contributed by atoms with van der Waals surface area (Å²) in [6.45, 7) is 14.9. The van der Waals surface area contributed by atoms with Gasteiger partial charge in [0.25, 0.3) is 0 Å². The van der Waals surface area contributed by atoms with Crippen molar-refractivity contribution in [3.8, 4) is 6.07 Å². The van der Waals surface area contributed by atoms with E-state index in [9.17, 15) is 14.9 Å². The number of nitriles is 1. The summed E-state index contributed by atoms with van der Waals surface area (Å²) < 4.78 is 4.09. The number of pyridine rings is 2. The molecule has 0 atom stereocenters. The van der Waals surface area contributed by atoms with E-state index in [0.29, 0.717) is 42.9 Å². The van der Waals surface area contributed by atoms with Gasteiger partial charge < -0.3 is 31.4 Å². The van der Waals surface area contributed by atoms with Crippen molar-refractivity contribution in [1.82, 2.24) is 39.3 Å². The first-order valence-electron chi connectivity index (χ1n) is 18.1. The molecule has 6 heterocycles. The number of piperazine rings is 2. The van der Waals surface area contributed by atoms with Gasteiger partial charge in [-0.3, -0.25) is 9.59 Å². The minimum absolute atomic E-state index is 0. The van der Waals surface area contributed by atoms with E-state index in [-0.39, 0.29) is 42.0 Å². The zero-order valence-corrected chi connectivity index (χ0v) is 36.2. The molecule has 2 aromatic carbocycles. The van der Waals surface area contributed by atoms with Crippen molar-refractivity contribution in [2.24, 2.45) is 0 Å². The van der Waals surface area contributed by atoms with Crippen LogP contribution in [0.4, 0.5) is 11.4 Å². The fourth-order valence-corrected chi connectivity index (χ4v) is 7.74. The number of carbonyl (C=O) groups is 2. The smallest absolute Gasteiger partial charge is 0.512 e. The van der Waals surface area contributed by atoms with Crippen LogP contribution in [0.3, 0.4) is 0 Å². The van der Waals surface area contributed by atoms with Gasteiger partial charge in [-0.2, -0.15) is 15.5 Å². The van der Waals surface area contributed by atoms with Crippen LogP contribution in [0.1, 0.15) is 16.8 Å². The molecule has 58 heavy (non-hydrogen) atoms. The Morgan fingerprint density at radius 3 is 1.59 bits per heavy atom. The first kappa shape index (κ1) is 44.1. The van der Waals surface area contributed by atoms with Crippen molar-refractivity contribution in [3.05, 3.63) is 110 Å². The SMILES string of the molecule is Cc1cc(N2CCN(C(=O)Cn3nc(C#N)c4cccnc43)CC2)ccc1Cl.Cc1cc(N2CCN(C(=O)Cn3nc(I)c4cccnc43)CC2)ccc1Cl.[C-]#N.[Cu+]. The molecule has 2 fully saturated rings. The van der Waals surface area contributed by atoms with Crippen molar-refractivity contribution in [2.45, 2.75) is 26.9 Å². The molecule has 2 aliphatic rings. The van der Waals surface area contributed by atoms with E-state index in [4.69, 9.17) is 35.0 Å². The molecule has 2 amide bonds. The van der Waals surface area contributed by atoms with Crippen molar-refractivity contribution in [1.29, 1.82) is 10.5 Å². The number of rotatable bonds is 6. The van der Waals surface area contributed by atoms with Gasteiger partial charge in [0.2, 0.25) is 11.8 Å². The van der Waals surface area contributed by atoms with Crippen LogP contribution in [-0.2, 0) is 39.7 Å². The topological polar surface area (TPSA) is 156 Å². The molecule has 0 radical (unpaired) electrons. The van der Waals surface area contributed by atoms with Crippen LogP contribution in [0.25, 0.3) is 22.1 Å². The van der Waals surface area contributed by atoms with Gasteiger partial charge in [0.1, 0.15) is 22.9 Å². The quantitative estimate of drug-likeness (QED) is 0.109. The molecule has 0 saturated carbocycles. The Morgan fingerprint density at radius 1 is 0.707 bits per heavy atom. The molecule has 0 spiro atoms. The molecular weight excluding hydrogens is 942 g/mol. The zero-order chi connectivity index (χ0) is 40.6. The van der Waals surface area contributed by atoms with Crippen LogP contribution in [0.15, 0.2) is 73.1 Å². The molecule has 2 saturated heterocycles. The third-order valence-electron chi connectivity index (χ3n) is 9.92. The normalized spacial score (nSPS) is 13.8. The molecule has 14 nitrogen and oxygen atoms in total. The molecule has 6 aromatic rings. The number of hydrogen-bond acceptors (Lipinski definition) is 10. The van der Waals surface area contributed by atoms with E-state index in [1.54, 1.807) is 29.2 Å². The summed E-state index contributed by atoms with van der Waals surface area (Å²) in [6.07, 6.45) is 3.37. The third kappa shape index (κ3) is 10.00. The van der Waals surface area contributed by atoms with Gasteiger partial charge in [0, 0.05) is 86.2 Å². The average molecular weight is 980 g/mol. The monoisotopic (exact) mass is 978 g/mol. The molecule has 0 unspecified atom stereocenters. The number of benzene rings is 2. The van der Waals surface area contributed by atoms with Crippen molar-refractivity contribution < 1.29 is 26.7 Å². The molecule has 18 heteroatoms. The van der Waals surface area contributed by atoms with Gasteiger partial charge in [0.15, 0.2) is 17.0 Å². The van der Waals surface area contributed by atoms with E-state index < -0.39 is 0 Å². The van der Waals surface area contributed by atoms with Crippen molar-refractivity contribution >= 4 is 91.0 Å². The van der Waals surface area contributed by atoms with Gasteiger partial charge >= 0.3 is 17.1 Å². The van der Waals surface area contributed by atoms with Gasteiger partial charge in [-0.1, -0.05) is 23.2 Å². The third-order valence-corrected chi connectivity index (χ3v) is 11.6. The summed E-state index contributed by atoms with van der Waals surface area (Å²) in [5.74, 6) is 0.0554. The van der Waals surface area contributed by atoms with Crippen molar-refractivity contribution in [3.63, 3.8) is 0 Å². The van der Waals surface area contributed by atoms with Crippen LogP contribution < -0.4 is 9.80 Å². The predicted octanol–water partition coefficient (Wildman–Crippen LogP) is 6.05. The van der Waals surface area contributed by atoms with Crippen molar-refractivity contribution in [2.75, 3.05) is 62.2 Å². The van der Waals surface area contributed by atoms with Gasteiger partial charge in [-0.05, 0) is 108 Å². The van der Waals surface area contributed by atoms with E-state index in [0.717, 1.165) is 73.5 Å². The number of amides is 2. The second-order valence-electron chi connectivity index (χ2n) is 13.4. The molecule has 2 aliphatic heterocycles. The number of carbonyl (C=O) groups excluding carboxylic acids is 2. The Hall–Kier alpha value is -4.97. The van der Waals surface area contributed by atoms with Gasteiger partial charge in [-0.15, -0.1) is 0 Å². The average Bonchev–Trinajstić information content (AvgIpc) is 3.76. The molecule has 0 aliphatic carbocycles. The second kappa shape index (κ2) is 20.1. The van der Waals surface area contributed by atoms with Crippen LogP contribution in [-0.4, -0.2) is 104 Å². The molecular formula is C40H38Cl2CuIN12O2. The predicted molar refractivity (Wildman–Crippen MR) is 227 cm³/mol. The second-order valence-corrected chi connectivity index (χ2v) is 15.3. The summed E-state index contributed by atoms with van der Waals surface area (Å²) in [5.41, 5.74) is 5.99. The summed E-state index contributed by atoms with van der Waals surface area (Å²) in [4.78, 5) is 42.5. The Balaban J connectivity index is 0.000000209. The Bertz CT molecular complexity index is 2470. The Labute approximate surface area is 370 Å². The first-order chi connectivity index (χ1) is 27.6. The van der Waals surface area contributed by atoms with E-state index in [2.05, 4.69) is 70.8 Å². The van der Waals surface area contributed by atoms with Crippen LogP contribution in [0.2, 0.25) is 10.0 Å². The Morgan fingerprint density at radius 2 is 1.14 bits per heavy atom. The van der Waals surface area contributed by atoms with Crippen LogP contribution in [0, 0.1) is 40.7 Å². The number of aryl methyl sites for hydroxylation is 2. The number of halogens is 3.